The van der Waals surface area contributed by atoms with Gasteiger partial charge in [-0.25, -0.2) is 0 Å². The Balaban J connectivity index is 1.45. The summed E-state index contributed by atoms with van der Waals surface area (Å²) in [7, 11) is 1.81. The Morgan fingerprint density at radius 2 is 1.94 bits per heavy atom. The highest BCUT2D eigenvalue weighted by atomic mass is 16.5. The minimum atomic E-state index is -0.971. The number of ether oxygens (including phenoxy) is 1. The van der Waals surface area contributed by atoms with E-state index >= 15 is 0 Å². The van der Waals surface area contributed by atoms with Gasteiger partial charge in [0, 0.05) is 43.7 Å². The molecule has 1 aliphatic rings. The molecule has 1 amide bonds. The molecule has 0 radical (unpaired) electrons. The number of aromatic hydroxyl groups is 1. The number of benzene rings is 2. The van der Waals surface area contributed by atoms with E-state index in [1.54, 1.807) is 4.57 Å². The van der Waals surface area contributed by atoms with Crippen LogP contribution >= 0.6 is 0 Å². The molecule has 2 heterocycles. The first-order chi connectivity index (χ1) is 14.9. The maximum absolute atomic E-state index is 12.6. The van der Waals surface area contributed by atoms with E-state index in [9.17, 15) is 15.2 Å². The second-order valence-corrected chi connectivity index (χ2v) is 8.19. The van der Waals surface area contributed by atoms with Crippen molar-refractivity contribution < 1.29 is 14.6 Å². The van der Waals surface area contributed by atoms with Gasteiger partial charge in [0.2, 0.25) is 5.91 Å². The van der Waals surface area contributed by atoms with Gasteiger partial charge >= 0.3 is 0 Å². The fourth-order valence-corrected chi connectivity index (χ4v) is 3.98. The molecular weight excluding hydrogens is 392 g/mol. The number of fused-ring (bicyclic) bond motifs is 1. The standard InChI is InChI=1S/C24H26N4O3/c1-28-15-19-13-18(6-7-21(19)22(28)29)17-4-2-16(3-5-17)12-20(14-25)27-23(30)24(26)8-10-31-11-9-24/h2-7,13,15,20,29H,8-12,26H2,1H3,(H,27,30)/t20-/m0/s1. The van der Waals surface area contributed by atoms with Crippen LogP contribution in [0.3, 0.4) is 0 Å². The van der Waals surface area contributed by atoms with Crippen LogP contribution in [0.1, 0.15) is 18.4 Å². The molecule has 3 aromatic rings. The Hall–Kier alpha value is -3.34. The fraction of sp³-hybridized carbons (Fsp3) is 0.333. The van der Waals surface area contributed by atoms with Crippen molar-refractivity contribution in [1.82, 2.24) is 9.88 Å². The summed E-state index contributed by atoms with van der Waals surface area (Å²) in [4.78, 5) is 12.6. The third kappa shape index (κ3) is 4.26. The highest BCUT2D eigenvalue weighted by Gasteiger charge is 2.36. The third-order valence-corrected chi connectivity index (χ3v) is 5.98. The fourth-order valence-electron chi connectivity index (χ4n) is 3.98. The predicted octanol–water partition coefficient (Wildman–Crippen LogP) is 2.61. The van der Waals surface area contributed by atoms with Gasteiger partial charge in [0.05, 0.1) is 11.6 Å². The van der Waals surface area contributed by atoms with Crippen LogP contribution in [-0.2, 0) is 23.0 Å². The second-order valence-electron chi connectivity index (χ2n) is 8.19. The maximum atomic E-state index is 12.6. The van der Waals surface area contributed by atoms with Crippen molar-refractivity contribution in [2.45, 2.75) is 30.8 Å². The van der Waals surface area contributed by atoms with E-state index in [2.05, 4.69) is 11.4 Å². The molecule has 0 bridgehead atoms. The van der Waals surface area contributed by atoms with E-state index in [0.717, 1.165) is 27.5 Å². The van der Waals surface area contributed by atoms with Gasteiger partial charge in [-0.1, -0.05) is 30.3 Å². The van der Waals surface area contributed by atoms with Crippen LogP contribution in [0, 0.1) is 11.3 Å². The van der Waals surface area contributed by atoms with Crippen LogP contribution in [-0.4, -0.2) is 40.4 Å². The Morgan fingerprint density at radius 1 is 1.26 bits per heavy atom. The average molecular weight is 418 g/mol. The molecule has 1 saturated heterocycles. The molecule has 31 heavy (non-hydrogen) atoms. The Bertz CT molecular complexity index is 1140. The number of hydrogen-bond acceptors (Lipinski definition) is 5. The van der Waals surface area contributed by atoms with Crippen molar-refractivity contribution in [3.8, 4) is 23.1 Å². The molecule has 4 rings (SSSR count). The number of hydrogen-bond donors (Lipinski definition) is 3. The highest BCUT2D eigenvalue weighted by molar-refractivity contribution is 5.91. The van der Waals surface area contributed by atoms with E-state index < -0.39 is 11.6 Å². The average Bonchev–Trinajstić information content (AvgIpc) is 3.07. The number of carbonyl (C=O) groups excluding carboxylic acids is 1. The largest absolute Gasteiger partial charge is 0.494 e. The summed E-state index contributed by atoms with van der Waals surface area (Å²) in [5.74, 6) is -0.0418. The minimum Gasteiger partial charge on any atom is -0.494 e. The number of carbonyl (C=O) groups is 1. The van der Waals surface area contributed by atoms with Crippen molar-refractivity contribution >= 4 is 16.7 Å². The van der Waals surface area contributed by atoms with E-state index in [4.69, 9.17) is 10.5 Å². The Morgan fingerprint density at radius 3 is 2.61 bits per heavy atom. The number of nitrogens with zero attached hydrogens (tertiary/aromatic N) is 2. The smallest absolute Gasteiger partial charge is 0.241 e. The van der Waals surface area contributed by atoms with E-state index in [0.29, 0.717) is 32.5 Å². The van der Waals surface area contributed by atoms with Gasteiger partial charge in [-0.05, 0) is 41.7 Å². The molecule has 4 N–H and O–H groups in total. The molecule has 7 nitrogen and oxygen atoms in total. The molecule has 2 aromatic carbocycles. The number of aromatic nitrogens is 1. The summed E-state index contributed by atoms with van der Waals surface area (Å²) >= 11 is 0. The van der Waals surface area contributed by atoms with Crippen molar-refractivity contribution in [3.63, 3.8) is 0 Å². The first-order valence-corrected chi connectivity index (χ1v) is 10.3. The number of aryl methyl sites for hydroxylation is 1. The lowest BCUT2D eigenvalue weighted by Gasteiger charge is -2.32. The van der Waals surface area contributed by atoms with Gasteiger partial charge in [0.15, 0.2) is 5.88 Å². The number of nitriles is 1. The van der Waals surface area contributed by atoms with Gasteiger partial charge in [-0.3, -0.25) is 4.79 Å². The molecule has 160 valence electrons. The molecule has 0 aliphatic carbocycles. The minimum absolute atomic E-state index is 0.251. The number of rotatable bonds is 5. The van der Waals surface area contributed by atoms with E-state index in [1.165, 1.54) is 0 Å². The summed E-state index contributed by atoms with van der Waals surface area (Å²) in [5, 5.41) is 24.2. The van der Waals surface area contributed by atoms with Crippen molar-refractivity contribution in [2.24, 2.45) is 12.8 Å². The molecule has 7 heteroatoms. The van der Waals surface area contributed by atoms with Gasteiger partial charge in [-0.2, -0.15) is 5.26 Å². The lowest BCUT2D eigenvalue weighted by atomic mass is 9.90. The molecule has 1 aliphatic heterocycles. The Kier molecular flexibility index (Phi) is 5.68. The molecule has 0 saturated carbocycles. The van der Waals surface area contributed by atoms with E-state index in [-0.39, 0.29) is 11.8 Å². The number of nitrogens with one attached hydrogen (secondary N) is 1. The van der Waals surface area contributed by atoms with Gasteiger partial charge in [-0.15, -0.1) is 0 Å². The summed E-state index contributed by atoms with van der Waals surface area (Å²) < 4.78 is 6.98. The van der Waals surface area contributed by atoms with Crippen molar-refractivity contribution in [1.29, 1.82) is 5.26 Å². The van der Waals surface area contributed by atoms with Gasteiger partial charge in [0.25, 0.3) is 0 Å². The topological polar surface area (TPSA) is 113 Å². The van der Waals surface area contributed by atoms with Crippen LogP contribution in [0.25, 0.3) is 21.9 Å². The zero-order valence-electron chi connectivity index (χ0n) is 17.5. The summed E-state index contributed by atoms with van der Waals surface area (Å²) in [5.41, 5.74) is 8.27. The first kappa shape index (κ1) is 20.9. The zero-order valence-corrected chi connectivity index (χ0v) is 17.5. The number of nitrogens with two attached hydrogens (primary N) is 1. The second kappa shape index (κ2) is 8.42. The monoisotopic (exact) mass is 418 g/mol. The zero-order chi connectivity index (χ0) is 22.0. The molecule has 0 spiro atoms. The van der Waals surface area contributed by atoms with Gasteiger partial charge in [0.1, 0.15) is 6.04 Å². The Labute approximate surface area is 181 Å². The van der Waals surface area contributed by atoms with Crippen LogP contribution < -0.4 is 11.1 Å². The molecular formula is C24H26N4O3. The first-order valence-electron chi connectivity index (χ1n) is 10.3. The summed E-state index contributed by atoms with van der Waals surface area (Å²) in [6, 6.07) is 15.4. The van der Waals surface area contributed by atoms with Crippen LogP contribution in [0.4, 0.5) is 0 Å². The lowest BCUT2D eigenvalue weighted by molar-refractivity contribution is -0.130. The number of amides is 1. The summed E-state index contributed by atoms with van der Waals surface area (Å²) in [6.07, 6.45) is 3.20. The highest BCUT2D eigenvalue weighted by Crippen LogP contribution is 2.30. The van der Waals surface area contributed by atoms with Crippen molar-refractivity contribution in [2.75, 3.05) is 13.2 Å². The quantitative estimate of drug-likeness (QED) is 0.589. The van der Waals surface area contributed by atoms with Gasteiger partial charge < -0.3 is 25.5 Å². The maximum Gasteiger partial charge on any atom is 0.241 e. The molecule has 0 unspecified atom stereocenters. The lowest BCUT2D eigenvalue weighted by Crippen LogP contribution is -2.58. The van der Waals surface area contributed by atoms with Crippen LogP contribution in [0.5, 0.6) is 5.88 Å². The van der Waals surface area contributed by atoms with Crippen LogP contribution in [0.15, 0.2) is 48.7 Å². The normalized spacial score (nSPS) is 16.5. The molecule has 1 aromatic heterocycles. The molecule has 1 fully saturated rings. The SMILES string of the molecule is Cn1cc2cc(-c3ccc(C[C@@H](C#N)NC(=O)C4(N)CCOCC4)cc3)ccc2c1O. The summed E-state index contributed by atoms with van der Waals surface area (Å²) in [6.45, 7) is 0.911. The van der Waals surface area contributed by atoms with Crippen molar-refractivity contribution in [3.05, 3.63) is 54.2 Å². The third-order valence-electron chi connectivity index (χ3n) is 5.98. The van der Waals surface area contributed by atoms with Crippen LogP contribution in [0.2, 0.25) is 0 Å². The predicted molar refractivity (Wildman–Crippen MR) is 118 cm³/mol. The molecule has 1 atom stereocenters. The van der Waals surface area contributed by atoms with E-state index in [1.807, 2.05) is 55.7 Å².